The van der Waals surface area contributed by atoms with E-state index in [-0.39, 0.29) is 13.2 Å². The molecule has 0 aliphatic carbocycles. The van der Waals surface area contributed by atoms with Crippen molar-refractivity contribution in [3.8, 4) is 0 Å². The molecule has 1 rings (SSSR count). The standard InChI is InChI=1S/C13H19Cl2NO3/c14-11-3-1-2-10(13(11)15)12(19)4-5-16(6-8-17)7-9-18/h1-3,12,17-19H,4-9H2. The molecule has 0 bridgehead atoms. The van der Waals surface area contributed by atoms with Crippen LogP contribution in [0.1, 0.15) is 18.1 Å². The van der Waals surface area contributed by atoms with Gasteiger partial charge in [0, 0.05) is 25.2 Å². The molecule has 0 spiro atoms. The van der Waals surface area contributed by atoms with E-state index in [1.54, 1.807) is 18.2 Å². The fourth-order valence-corrected chi connectivity index (χ4v) is 2.29. The highest BCUT2D eigenvalue weighted by atomic mass is 35.5. The van der Waals surface area contributed by atoms with Crippen molar-refractivity contribution in [2.24, 2.45) is 0 Å². The third kappa shape index (κ3) is 5.26. The van der Waals surface area contributed by atoms with Crippen molar-refractivity contribution in [2.75, 3.05) is 32.8 Å². The molecule has 108 valence electrons. The van der Waals surface area contributed by atoms with Gasteiger partial charge >= 0.3 is 0 Å². The molecule has 3 N–H and O–H groups in total. The Kier molecular flexibility index (Phi) is 7.68. The Morgan fingerprint density at radius 2 is 1.68 bits per heavy atom. The lowest BCUT2D eigenvalue weighted by molar-refractivity contribution is 0.118. The maximum atomic E-state index is 10.1. The van der Waals surface area contributed by atoms with Gasteiger partial charge in [-0.05, 0) is 12.5 Å². The van der Waals surface area contributed by atoms with Gasteiger partial charge in [0.2, 0.25) is 0 Å². The van der Waals surface area contributed by atoms with E-state index in [0.29, 0.717) is 41.7 Å². The third-order valence-corrected chi connectivity index (χ3v) is 3.73. The van der Waals surface area contributed by atoms with Gasteiger partial charge < -0.3 is 15.3 Å². The molecule has 0 heterocycles. The summed E-state index contributed by atoms with van der Waals surface area (Å²) in [5.74, 6) is 0. The molecule has 0 saturated heterocycles. The predicted molar refractivity (Wildman–Crippen MR) is 76.7 cm³/mol. The Morgan fingerprint density at radius 3 is 2.26 bits per heavy atom. The average Bonchev–Trinajstić information content (AvgIpc) is 2.39. The first-order chi connectivity index (χ1) is 9.10. The predicted octanol–water partition coefficient (Wildman–Crippen LogP) is 1.70. The minimum atomic E-state index is -0.717. The fourth-order valence-electron chi connectivity index (χ4n) is 1.86. The van der Waals surface area contributed by atoms with Crippen molar-refractivity contribution in [3.63, 3.8) is 0 Å². The second kappa shape index (κ2) is 8.74. The molecule has 6 heteroatoms. The number of rotatable bonds is 8. The lowest BCUT2D eigenvalue weighted by Gasteiger charge is -2.22. The zero-order valence-electron chi connectivity index (χ0n) is 10.6. The lowest BCUT2D eigenvalue weighted by atomic mass is 10.1. The summed E-state index contributed by atoms with van der Waals surface area (Å²) in [4.78, 5) is 1.88. The topological polar surface area (TPSA) is 63.9 Å². The molecule has 0 saturated carbocycles. The second-order valence-electron chi connectivity index (χ2n) is 4.24. The molecule has 4 nitrogen and oxygen atoms in total. The number of aliphatic hydroxyl groups is 3. The summed E-state index contributed by atoms with van der Waals surface area (Å²) < 4.78 is 0. The van der Waals surface area contributed by atoms with Gasteiger partial charge in [-0.2, -0.15) is 0 Å². The quantitative estimate of drug-likeness (QED) is 0.684. The summed E-state index contributed by atoms with van der Waals surface area (Å²) in [5, 5.41) is 28.7. The summed E-state index contributed by atoms with van der Waals surface area (Å²) in [7, 11) is 0. The fraction of sp³-hybridized carbons (Fsp3) is 0.538. The summed E-state index contributed by atoms with van der Waals surface area (Å²) in [6.45, 7) is 1.54. The third-order valence-electron chi connectivity index (χ3n) is 2.89. The van der Waals surface area contributed by atoms with E-state index in [9.17, 15) is 5.11 Å². The zero-order chi connectivity index (χ0) is 14.3. The van der Waals surface area contributed by atoms with Gasteiger partial charge in [0.25, 0.3) is 0 Å². The molecule has 0 radical (unpaired) electrons. The van der Waals surface area contributed by atoms with Crippen molar-refractivity contribution < 1.29 is 15.3 Å². The molecule has 0 aliphatic heterocycles. The van der Waals surface area contributed by atoms with Crippen LogP contribution < -0.4 is 0 Å². The Morgan fingerprint density at radius 1 is 1.05 bits per heavy atom. The molecule has 1 atom stereocenters. The monoisotopic (exact) mass is 307 g/mol. The summed E-state index contributed by atoms with van der Waals surface area (Å²) in [6.07, 6.45) is -0.258. The number of hydrogen-bond acceptors (Lipinski definition) is 4. The Balaban J connectivity index is 2.58. The lowest BCUT2D eigenvalue weighted by Crippen LogP contribution is -2.31. The van der Waals surface area contributed by atoms with Crippen LogP contribution in [0.3, 0.4) is 0 Å². The van der Waals surface area contributed by atoms with Gasteiger partial charge in [0.15, 0.2) is 0 Å². The van der Waals surface area contributed by atoms with Gasteiger partial charge in [-0.1, -0.05) is 35.3 Å². The van der Waals surface area contributed by atoms with Crippen LogP contribution in [0, 0.1) is 0 Å². The van der Waals surface area contributed by atoms with Crippen LogP contribution in [-0.4, -0.2) is 53.1 Å². The number of nitrogens with zero attached hydrogens (tertiary/aromatic N) is 1. The van der Waals surface area contributed by atoms with Crippen LogP contribution in [0.25, 0.3) is 0 Å². The van der Waals surface area contributed by atoms with E-state index < -0.39 is 6.10 Å². The maximum Gasteiger partial charge on any atom is 0.0817 e. The summed E-state index contributed by atoms with van der Waals surface area (Å²) in [6, 6.07) is 5.15. The van der Waals surface area contributed by atoms with Crippen molar-refractivity contribution >= 4 is 23.2 Å². The zero-order valence-corrected chi connectivity index (χ0v) is 12.1. The van der Waals surface area contributed by atoms with Crippen LogP contribution in [0.4, 0.5) is 0 Å². The summed E-state index contributed by atoms with van der Waals surface area (Å²) in [5.41, 5.74) is 0.599. The minimum Gasteiger partial charge on any atom is -0.395 e. The second-order valence-corrected chi connectivity index (χ2v) is 5.02. The minimum absolute atomic E-state index is 0.0218. The molecular formula is C13H19Cl2NO3. The molecule has 0 fully saturated rings. The van der Waals surface area contributed by atoms with Crippen LogP contribution in [0.5, 0.6) is 0 Å². The highest BCUT2D eigenvalue weighted by Gasteiger charge is 2.15. The van der Waals surface area contributed by atoms with Crippen molar-refractivity contribution in [1.82, 2.24) is 4.90 Å². The van der Waals surface area contributed by atoms with E-state index in [2.05, 4.69) is 0 Å². The van der Waals surface area contributed by atoms with Crippen LogP contribution in [0.2, 0.25) is 10.0 Å². The van der Waals surface area contributed by atoms with Crippen LogP contribution in [-0.2, 0) is 0 Å². The molecule has 1 unspecified atom stereocenters. The molecule has 0 amide bonds. The van der Waals surface area contributed by atoms with Gasteiger partial charge in [0.05, 0.1) is 29.4 Å². The number of aliphatic hydroxyl groups excluding tert-OH is 3. The van der Waals surface area contributed by atoms with E-state index in [4.69, 9.17) is 33.4 Å². The van der Waals surface area contributed by atoms with Gasteiger partial charge in [-0.3, -0.25) is 4.90 Å². The van der Waals surface area contributed by atoms with Crippen LogP contribution >= 0.6 is 23.2 Å². The van der Waals surface area contributed by atoms with Gasteiger partial charge in [0.1, 0.15) is 0 Å². The largest absolute Gasteiger partial charge is 0.395 e. The van der Waals surface area contributed by atoms with Gasteiger partial charge in [-0.25, -0.2) is 0 Å². The van der Waals surface area contributed by atoms with Gasteiger partial charge in [-0.15, -0.1) is 0 Å². The Labute approximate surface area is 123 Å². The highest BCUT2D eigenvalue weighted by Crippen LogP contribution is 2.31. The first kappa shape index (κ1) is 16.7. The molecule has 19 heavy (non-hydrogen) atoms. The Bertz CT molecular complexity index is 384. The number of hydrogen-bond donors (Lipinski definition) is 3. The van der Waals surface area contributed by atoms with Crippen LogP contribution in [0.15, 0.2) is 18.2 Å². The molecular weight excluding hydrogens is 289 g/mol. The average molecular weight is 308 g/mol. The number of halogens is 2. The van der Waals surface area contributed by atoms with E-state index in [1.807, 2.05) is 4.90 Å². The molecule has 1 aromatic carbocycles. The maximum absolute atomic E-state index is 10.1. The summed E-state index contributed by atoms with van der Waals surface area (Å²) >= 11 is 11.9. The van der Waals surface area contributed by atoms with Crippen molar-refractivity contribution in [3.05, 3.63) is 33.8 Å². The highest BCUT2D eigenvalue weighted by molar-refractivity contribution is 6.42. The van der Waals surface area contributed by atoms with Crippen molar-refractivity contribution in [1.29, 1.82) is 0 Å². The smallest absolute Gasteiger partial charge is 0.0817 e. The van der Waals surface area contributed by atoms with E-state index >= 15 is 0 Å². The number of benzene rings is 1. The van der Waals surface area contributed by atoms with E-state index in [1.165, 1.54) is 0 Å². The van der Waals surface area contributed by atoms with Crippen molar-refractivity contribution in [2.45, 2.75) is 12.5 Å². The molecule has 0 aliphatic rings. The molecule has 0 aromatic heterocycles. The SMILES string of the molecule is OCCN(CCO)CCC(O)c1cccc(Cl)c1Cl. The normalized spacial score (nSPS) is 12.9. The first-order valence-corrected chi connectivity index (χ1v) is 6.91. The Hall–Kier alpha value is -0.360. The van der Waals surface area contributed by atoms with E-state index in [0.717, 1.165) is 0 Å². The molecule has 1 aromatic rings. The first-order valence-electron chi connectivity index (χ1n) is 6.16.